The summed E-state index contributed by atoms with van der Waals surface area (Å²) in [6.45, 7) is 4.86. The second-order valence-corrected chi connectivity index (χ2v) is 6.35. The second kappa shape index (κ2) is 7.41. The van der Waals surface area contributed by atoms with Crippen molar-refractivity contribution in [2.24, 2.45) is 0 Å². The van der Waals surface area contributed by atoms with Crippen LogP contribution in [0.2, 0.25) is 0 Å². The maximum absolute atomic E-state index is 12.6. The van der Waals surface area contributed by atoms with Gasteiger partial charge >= 0.3 is 0 Å². The molecule has 0 atom stereocenters. The zero-order valence-corrected chi connectivity index (χ0v) is 15.4. The van der Waals surface area contributed by atoms with Crippen molar-refractivity contribution >= 4 is 34.0 Å². The van der Waals surface area contributed by atoms with E-state index in [0.29, 0.717) is 22.5 Å². The number of rotatable bonds is 4. The third kappa shape index (κ3) is 4.03. The fraction of sp³-hybridized carbons (Fsp3) is 0.200. The lowest BCUT2D eigenvalue weighted by Crippen LogP contribution is -2.30. The zero-order chi connectivity index (χ0) is 19.6. The first kappa shape index (κ1) is 18.3. The van der Waals surface area contributed by atoms with Gasteiger partial charge in [-0.1, -0.05) is 24.3 Å². The van der Waals surface area contributed by atoms with Crippen molar-refractivity contribution in [1.82, 2.24) is 9.78 Å². The molecule has 7 nitrogen and oxygen atoms in total. The van der Waals surface area contributed by atoms with E-state index in [-0.39, 0.29) is 23.9 Å². The molecule has 0 unspecified atom stereocenters. The normalized spacial score (nSPS) is 10.6. The van der Waals surface area contributed by atoms with Gasteiger partial charge in [-0.15, -0.1) is 0 Å². The molecule has 0 bridgehead atoms. The van der Waals surface area contributed by atoms with Gasteiger partial charge in [-0.25, -0.2) is 4.68 Å². The van der Waals surface area contributed by atoms with Crippen LogP contribution >= 0.6 is 0 Å². The summed E-state index contributed by atoms with van der Waals surface area (Å²) in [7, 11) is 0. The van der Waals surface area contributed by atoms with Crippen molar-refractivity contribution < 1.29 is 9.59 Å². The standard InChI is InChI=1S/C20H20N4O3/c1-12-8-9-15(21-14(3)25)10-18(12)22-19(26)11-24-20(27)17-7-5-4-6-16(17)13(2)23-24/h4-10H,11H2,1-3H3,(H,21,25)(H,22,26). The summed E-state index contributed by atoms with van der Waals surface area (Å²) >= 11 is 0. The van der Waals surface area contributed by atoms with Crippen molar-refractivity contribution in [2.45, 2.75) is 27.3 Å². The van der Waals surface area contributed by atoms with Crippen LogP contribution in [0.25, 0.3) is 10.8 Å². The van der Waals surface area contributed by atoms with E-state index in [2.05, 4.69) is 15.7 Å². The van der Waals surface area contributed by atoms with Crippen LogP contribution in [0.4, 0.5) is 11.4 Å². The second-order valence-electron chi connectivity index (χ2n) is 6.35. The minimum Gasteiger partial charge on any atom is -0.326 e. The Kier molecular flexibility index (Phi) is 5.03. The molecule has 2 amide bonds. The van der Waals surface area contributed by atoms with Crippen LogP contribution in [-0.4, -0.2) is 21.6 Å². The van der Waals surface area contributed by atoms with E-state index in [4.69, 9.17) is 0 Å². The molecule has 7 heteroatoms. The largest absolute Gasteiger partial charge is 0.326 e. The van der Waals surface area contributed by atoms with E-state index < -0.39 is 0 Å². The summed E-state index contributed by atoms with van der Waals surface area (Å²) in [5.41, 5.74) is 2.36. The number of fused-ring (bicyclic) bond motifs is 1. The van der Waals surface area contributed by atoms with E-state index in [1.807, 2.05) is 19.1 Å². The predicted octanol–water partition coefficient (Wildman–Crippen LogP) is 2.61. The van der Waals surface area contributed by atoms with E-state index in [1.165, 1.54) is 11.6 Å². The quantitative estimate of drug-likeness (QED) is 0.744. The molecule has 3 rings (SSSR count). The summed E-state index contributed by atoms with van der Waals surface area (Å²) in [4.78, 5) is 36.3. The van der Waals surface area contributed by atoms with Crippen molar-refractivity contribution in [3.05, 3.63) is 64.1 Å². The average Bonchev–Trinajstić information content (AvgIpc) is 2.62. The van der Waals surface area contributed by atoms with Crippen LogP contribution in [0.15, 0.2) is 47.3 Å². The summed E-state index contributed by atoms with van der Waals surface area (Å²) in [5.74, 6) is -0.569. The van der Waals surface area contributed by atoms with Gasteiger partial charge in [-0.2, -0.15) is 5.10 Å². The zero-order valence-electron chi connectivity index (χ0n) is 15.4. The van der Waals surface area contributed by atoms with Crippen LogP contribution in [0.1, 0.15) is 18.2 Å². The highest BCUT2D eigenvalue weighted by atomic mass is 16.2. The molecule has 3 aromatic rings. The number of carbonyl (C=O) groups is 2. The maximum Gasteiger partial charge on any atom is 0.275 e. The minimum atomic E-state index is -0.373. The van der Waals surface area contributed by atoms with E-state index in [9.17, 15) is 14.4 Å². The first-order valence-electron chi connectivity index (χ1n) is 8.49. The Hall–Kier alpha value is -3.48. The van der Waals surface area contributed by atoms with Gasteiger partial charge in [0.25, 0.3) is 5.56 Å². The van der Waals surface area contributed by atoms with Gasteiger partial charge in [-0.3, -0.25) is 14.4 Å². The molecule has 138 valence electrons. The van der Waals surface area contributed by atoms with Crippen molar-refractivity contribution in [3.63, 3.8) is 0 Å². The van der Waals surface area contributed by atoms with E-state index in [1.54, 1.807) is 37.3 Å². The number of nitrogens with one attached hydrogen (secondary N) is 2. The Balaban J connectivity index is 1.85. The Morgan fingerprint density at radius 3 is 2.44 bits per heavy atom. The number of aromatic nitrogens is 2. The molecule has 27 heavy (non-hydrogen) atoms. The van der Waals surface area contributed by atoms with Gasteiger partial charge in [0.05, 0.1) is 11.1 Å². The molecule has 0 aliphatic rings. The molecule has 0 aliphatic carbocycles. The van der Waals surface area contributed by atoms with Crippen molar-refractivity contribution in [2.75, 3.05) is 10.6 Å². The minimum absolute atomic E-state index is 0.196. The third-order valence-corrected chi connectivity index (χ3v) is 4.18. The molecule has 2 aromatic carbocycles. The summed E-state index contributed by atoms with van der Waals surface area (Å²) in [6, 6.07) is 12.4. The topological polar surface area (TPSA) is 93.1 Å². The van der Waals surface area contributed by atoms with Crippen LogP contribution in [-0.2, 0) is 16.1 Å². The lowest BCUT2D eigenvalue weighted by Gasteiger charge is -2.12. The number of amides is 2. The highest BCUT2D eigenvalue weighted by Crippen LogP contribution is 2.20. The Morgan fingerprint density at radius 1 is 1.04 bits per heavy atom. The van der Waals surface area contributed by atoms with E-state index >= 15 is 0 Å². The molecule has 0 saturated carbocycles. The number of hydrogen-bond donors (Lipinski definition) is 2. The fourth-order valence-corrected chi connectivity index (χ4v) is 2.88. The highest BCUT2D eigenvalue weighted by molar-refractivity contribution is 5.94. The number of aryl methyl sites for hydroxylation is 2. The van der Waals surface area contributed by atoms with Crippen molar-refractivity contribution in [3.8, 4) is 0 Å². The van der Waals surface area contributed by atoms with Crippen LogP contribution < -0.4 is 16.2 Å². The number of nitrogens with zero attached hydrogens (tertiary/aromatic N) is 2. The van der Waals surface area contributed by atoms with Crippen molar-refractivity contribution in [1.29, 1.82) is 0 Å². The molecule has 2 N–H and O–H groups in total. The summed E-state index contributed by atoms with van der Waals surface area (Å²) in [6.07, 6.45) is 0. The van der Waals surface area contributed by atoms with Crippen LogP contribution in [0.5, 0.6) is 0 Å². The van der Waals surface area contributed by atoms with Gasteiger partial charge < -0.3 is 10.6 Å². The number of anilines is 2. The lowest BCUT2D eigenvalue weighted by atomic mass is 10.1. The van der Waals surface area contributed by atoms with Gasteiger partial charge in [0.2, 0.25) is 11.8 Å². The van der Waals surface area contributed by atoms with Gasteiger partial charge in [0.15, 0.2) is 0 Å². The highest BCUT2D eigenvalue weighted by Gasteiger charge is 2.12. The molecule has 1 heterocycles. The number of carbonyl (C=O) groups excluding carboxylic acids is 2. The molecule has 0 aliphatic heterocycles. The SMILES string of the molecule is CC(=O)Nc1ccc(C)c(NC(=O)Cn2nc(C)c3ccccc3c2=O)c1. The lowest BCUT2D eigenvalue weighted by molar-refractivity contribution is -0.117. The van der Waals surface area contributed by atoms with Gasteiger partial charge in [0.1, 0.15) is 6.54 Å². The molecular formula is C20H20N4O3. The Labute approximate surface area is 156 Å². The van der Waals surface area contributed by atoms with Crippen LogP contribution in [0.3, 0.4) is 0 Å². The first-order valence-corrected chi connectivity index (χ1v) is 8.49. The maximum atomic E-state index is 12.6. The third-order valence-electron chi connectivity index (χ3n) is 4.18. The fourth-order valence-electron chi connectivity index (χ4n) is 2.88. The smallest absolute Gasteiger partial charge is 0.275 e. The first-order chi connectivity index (χ1) is 12.8. The Morgan fingerprint density at radius 2 is 1.74 bits per heavy atom. The monoisotopic (exact) mass is 364 g/mol. The van der Waals surface area contributed by atoms with Crippen LogP contribution in [0, 0.1) is 13.8 Å². The molecule has 0 fully saturated rings. The summed E-state index contributed by atoms with van der Waals surface area (Å²) in [5, 5.41) is 11.0. The van der Waals surface area contributed by atoms with E-state index in [0.717, 1.165) is 10.9 Å². The van der Waals surface area contributed by atoms with Gasteiger partial charge in [0, 0.05) is 23.7 Å². The summed E-state index contributed by atoms with van der Waals surface area (Å²) < 4.78 is 1.17. The Bertz CT molecular complexity index is 1100. The molecular weight excluding hydrogens is 344 g/mol. The molecule has 0 spiro atoms. The molecule has 0 saturated heterocycles. The average molecular weight is 364 g/mol. The van der Waals surface area contributed by atoms with Gasteiger partial charge in [-0.05, 0) is 37.6 Å². The molecule has 1 aromatic heterocycles. The number of hydrogen-bond acceptors (Lipinski definition) is 4. The molecule has 0 radical (unpaired) electrons. The number of benzene rings is 2. The predicted molar refractivity (Wildman–Crippen MR) is 105 cm³/mol.